The SMILES string of the molecule is CCOC(=O)[C@H]1C(C(=O)OC)[C@H](C(=O)OCC)[C@]2(C(=O)N(Cc3ccccc3)c3ccc(Cl)cc32)[C@]12C(=O)N(Cc1ccccc1)c1ccc(Cl)cc12. The molecule has 1 saturated carbocycles. The van der Waals surface area contributed by atoms with E-state index in [0.717, 1.165) is 18.2 Å². The van der Waals surface area contributed by atoms with Crippen LogP contribution >= 0.6 is 23.2 Å². The molecule has 272 valence electrons. The third-order valence-electron chi connectivity index (χ3n) is 10.7. The van der Waals surface area contributed by atoms with Crippen LogP contribution in [0.25, 0.3) is 0 Å². The molecule has 2 heterocycles. The fraction of sp³-hybridized carbons (Fsp3) is 0.293. The van der Waals surface area contributed by atoms with Gasteiger partial charge in [0.25, 0.3) is 0 Å². The Hall–Kier alpha value is -5.19. The lowest BCUT2D eigenvalue weighted by Gasteiger charge is -2.43. The Bertz CT molecular complexity index is 1990. The molecule has 0 aromatic heterocycles. The Morgan fingerprint density at radius 2 is 1.02 bits per heavy atom. The zero-order chi connectivity index (χ0) is 37.7. The van der Waals surface area contributed by atoms with Crippen LogP contribution in [0.1, 0.15) is 36.1 Å². The second-order valence-electron chi connectivity index (χ2n) is 13.2. The van der Waals surface area contributed by atoms with Crippen molar-refractivity contribution in [2.45, 2.75) is 37.8 Å². The number of hydrogen-bond donors (Lipinski definition) is 0. The molecule has 10 nitrogen and oxygen atoms in total. The number of anilines is 2. The number of carbonyl (C=O) groups excluding carboxylic acids is 5. The maximum Gasteiger partial charge on any atom is 0.311 e. The van der Waals surface area contributed by atoms with Crippen LogP contribution in [0.4, 0.5) is 11.4 Å². The standard InChI is InChI=1S/C41H36Cl2N2O8/c1-4-52-36(47)33-32(35(46)51-3)34(37(48)53-5-2)41(29-21-27(43)17-19-31(29)45(39(41)50)23-25-14-10-7-11-15-25)40(33)28-20-26(42)16-18-30(28)44(38(40)49)22-24-12-8-6-9-13-24/h6-21,32-34H,4-5,22-23H2,1-3H3/t32?,33-,34-,40-,41+/m1/s1. The van der Waals surface area contributed by atoms with Gasteiger partial charge in [0.15, 0.2) is 0 Å². The lowest BCUT2D eigenvalue weighted by molar-refractivity contribution is -0.165. The molecule has 0 N–H and O–H groups in total. The maximum atomic E-state index is 16.0. The number of benzene rings is 4. The third-order valence-corrected chi connectivity index (χ3v) is 11.2. The number of ether oxygens (including phenoxy) is 3. The smallest absolute Gasteiger partial charge is 0.311 e. The van der Waals surface area contributed by atoms with Gasteiger partial charge >= 0.3 is 17.9 Å². The van der Waals surface area contributed by atoms with Crippen molar-refractivity contribution in [2.24, 2.45) is 17.8 Å². The summed E-state index contributed by atoms with van der Waals surface area (Å²) in [5.74, 6) is -9.56. The molecule has 0 saturated heterocycles. The highest BCUT2D eigenvalue weighted by Gasteiger charge is 2.86. The molecule has 1 unspecified atom stereocenters. The molecule has 12 heteroatoms. The minimum atomic E-state index is -2.30. The number of nitrogens with zero attached hydrogens (tertiary/aromatic N) is 2. The number of esters is 3. The predicted octanol–water partition coefficient (Wildman–Crippen LogP) is 6.42. The van der Waals surface area contributed by atoms with Crippen molar-refractivity contribution < 1.29 is 38.2 Å². The van der Waals surface area contributed by atoms with Gasteiger partial charge in [0.1, 0.15) is 10.8 Å². The van der Waals surface area contributed by atoms with E-state index >= 15 is 9.59 Å². The normalized spacial score (nSPS) is 24.1. The molecule has 0 radical (unpaired) electrons. The first-order chi connectivity index (χ1) is 25.6. The quantitative estimate of drug-likeness (QED) is 0.142. The molecule has 2 aliphatic heterocycles. The van der Waals surface area contributed by atoms with Crippen molar-refractivity contribution in [3.63, 3.8) is 0 Å². The fourth-order valence-electron chi connectivity index (χ4n) is 8.94. The van der Waals surface area contributed by atoms with Gasteiger partial charge in [-0.2, -0.15) is 0 Å². The summed E-state index contributed by atoms with van der Waals surface area (Å²) in [4.78, 5) is 78.8. The Balaban J connectivity index is 1.65. The molecule has 4 aromatic carbocycles. The summed E-state index contributed by atoms with van der Waals surface area (Å²) in [6.45, 7) is 2.98. The molecule has 3 aliphatic rings. The summed E-state index contributed by atoms with van der Waals surface area (Å²) in [6.07, 6.45) is 0. The van der Waals surface area contributed by atoms with E-state index < -0.39 is 58.3 Å². The van der Waals surface area contributed by atoms with Gasteiger partial charge in [0.05, 0.1) is 51.2 Å². The minimum Gasteiger partial charge on any atom is -0.469 e. The summed E-state index contributed by atoms with van der Waals surface area (Å²) in [7, 11) is 1.12. The molecular formula is C41H36Cl2N2O8. The first kappa shape index (κ1) is 36.2. The van der Waals surface area contributed by atoms with Crippen LogP contribution in [-0.4, -0.2) is 50.0 Å². The molecule has 4 aromatic rings. The van der Waals surface area contributed by atoms with E-state index in [1.807, 2.05) is 60.7 Å². The topological polar surface area (TPSA) is 120 Å². The van der Waals surface area contributed by atoms with Crippen molar-refractivity contribution >= 4 is 64.3 Å². The first-order valence-corrected chi connectivity index (χ1v) is 18.1. The summed E-state index contributed by atoms with van der Waals surface area (Å²) >= 11 is 13.5. The minimum absolute atomic E-state index is 0.0268. The van der Waals surface area contributed by atoms with Crippen molar-refractivity contribution in [2.75, 3.05) is 30.1 Å². The maximum absolute atomic E-state index is 16.0. The van der Waals surface area contributed by atoms with Crippen LogP contribution in [-0.2, 0) is 62.1 Å². The van der Waals surface area contributed by atoms with Gasteiger partial charge in [-0.05, 0) is 72.5 Å². The van der Waals surface area contributed by atoms with Gasteiger partial charge in [-0.3, -0.25) is 24.0 Å². The molecule has 2 amide bonds. The largest absolute Gasteiger partial charge is 0.469 e. The van der Waals surface area contributed by atoms with E-state index in [2.05, 4.69) is 0 Å². The number of rotatable bonds is 9. The molecule has 7 rings (SSSR count). The van der Waals surface area contributed by atoms with Gasteiger partial charge < -0.3 is 24.0 Å². The van der Waals surface area contributed by atoms with Crippen molar-refractivity contribution in [1.82, 2.24) is 0 Å². The van der Waals surface area contributed by atoms with Crippen LogP contribution in [0.15, 0.2) is 97.1 Å². The summed E-state index contributed by atoms with van der Waals surface area (Å²) < 4.78 is 16.7. The number of amides is 2. The van der Waals surface area contributed by atoms with Crippen molar-refractivity contribution in [3.8, 4) is 0 Å². The zero-order valence-electron chi connectivity index (χ0n) is 29.2. The van der Waals surface area contributed by atoms with E-state index in [9.17, 15) is 14.4 Å². The summed E-state index contributed by atoms with van der Waals surface area (Å²) in [5, 5.41) is 0.393. The number of hydrogen-bond acceptors (Lipinski definition) is 8. The van der Waals surface area contributed by atoms with Crippen LogP contribution in [0.5, 0.6) is 0 Å². The van der Waals surface area contributed by atoms with Gasteiger partial charge in [0.2, 0.25) is 11.8 Å². The average molecular weight is 756 g/mol. The van der Waals surface area contributed by atoms with Crippen molar-refractivity contribution in [1.29, 1.82) is 0 Å². The highest BCUT2D eigenvalue weighted by molar-refractivity contribution is 6.32. The van der Waals surface area contributed by atoms with E-state index in [1.165, 1.54) is 21.9 Å². The van der Waals surface area contributed by atoms with Gasteiger partial charge in [-0.15, -0.1) is 0 Å². The lowest BCUT2D eigenvalue weighted by Crippen LogP contribution is -2.63. The van der Waals surface area contributed by atoms with E-state index in [-0.39, 0.29) is 47.5 Å². The molecule has 2 spiro atoms. The van der Waals surface area contributed by atoms with Crippen molar-refractivity contribution in [3.05, 3.63) is 129 Å². The van der Waals surface area contributed by atoms with E-state index in [0.29, 0.717) is 11.4 Å². The fourth-order valence-corrected chi connectivity index (χ4v) is 9.29. The Morgan fingerprint density at radius 1 is 0.623 bits per heavy atom. The van der Waals surface area contributed by atoms with Crippen LogP contribution in [0, 0.1) is 17.8 Å². The lowest BCUT2D eigenvalue weighted by atomic mass is 9.54. The number of fused-ring (bicyclic) bond motifs is 5. The Kier molecular flexibility index (Phi) is 9.55. The molecule has 1 fully saturated rings. The van der Waals surface area contributed by atoms with Crippen LogP contribution in [0.2, 0.25) is 10.0 Å². The Labute approximate surface area is 316 Å². The zero-order valence-corrected chi connectivity index (χ0v) is 30.7. The molecular weight excluding hydrogens is 719 g/mol. The number of carbonyl (C=O) groups is 5. The molecule has 1 aliphatic carbocycles. The Morgan fingerprint density at radius 3 is 1.38 bits per heavy atom. The number of methoxy groups -OCH3 is 1. The van der Waals surface area contributed by atoms with E-state index in [4.69, 9.17) is 37.4 Å². The van der Waals surface area contributed by atoms with Gasteiger partial charge in [-0.25, -0.2) is 0 Å². The van der Waals surface area contributed by atoms with Gasteiger partial charge in [0, 0.05) is 21.4 Å². The highest BCUT2D eigenvalue weighted by atomic mass is 35.5. The first-order valence-electron chi connectivity index (χ1n) is 17.3. The second-order valence-corrected chi connectivity index (χ2v) is 14.1. The monoisotopic (exact) mass is 754 g/mol. The predicted molar refractivity (Wildman–Crippen MR) is 197 cm³/mol. The average Bonchev–Trinajstić information content (AvgIpc) is 3.67. The van der Waals surface area contributed by atoms with Gasteiger partial charge in [-0.1, -0.05) is 83.9 Å². The third kappa shape index (κ3) is 5.25. The van der Waals surface area contributed by atoms with Crippen LogP contribution < -0.4 is 9.80 Å². The summed E-state index contributed by atoms with van der Waals surface area (Å²) in [6, 6.07) is 28.0. The molecule has 53 heavy (non-hydrogen) atoms. The van der Waals surface area contributed by atoms with E-state index in [1.54, 1.807) is 38.1 Å². The second kappa shape index (κ2) is 14.0. The summed E-state index contributed by atoms with van der Waals surface area (Å²) in [5.41, 5.74) is -2.03. The van der Waals surface area contributed by atoms with Crippen LogP contribution in [0.3, 0.4) is 0 Å². The number of halogens is 2. The molecule has 0 bridgehead atoms. The highest BCUT2D eigenvalue weighted by Crippen LogP contribution is 2.72. The molecule has 5 atom stereocenters.